The van der Waals surface area contributed by atoms with Gasteiger partial charge in [-0.15, -0.1) is 0 Å². The van der Waals surface area contributed by atoms with E-state index in [9.17, 15) is 24.6 Å². The summed E-state index contributed by atoms with van der Waals surface area (Å²) < 4.78 is 0. The standard InChI is InChI=1S/C22H22N2O2.C11H16N2O.C11H8O2/c1-22(2,3)17-11-8-16(9-12-17)21(26)24-23-14-19-18-7-5-4-6-15(18)10-13-20(19)25;1-11(2,3)9-6-4-8(5-7-9)10(14)13-12;12-7-10-9-4-2-1-3-8(9)5-6-11(10)13/h4-14,25H,1-3H3,(H,24,26);4-7H,12H2,1-3H3,(H,13,14);1-7,13H/b23-14+;;. The van der Waals surface area contributed by atoms with Gasteiger partial charge in [0, 0.05) is 16.7 Å². The Kier molecular flexibility index (Phi) is 12.9. The second-order valence-corrected chi connectivity index (χ2v) is 14.4. The monoisotopic (exact) mass is 710 g/mol. The zero-order valence-electron chi connectivity index (χ0n) is 30.8. The topological polar surface area (TPSA) is 154 Å². The van der Waals surface area contributed by atoms with Crippen LogP contribution in [0.25, 0.3) is 21.5 Å². The molecule has 53 heavy (non-hydrogen) atoms. The highest BCUT2D eigenvalue weighted by molar-refractivity contribution is 6.03. The van der Waals surface area contributed by atoms with Crippen molar-refractivity contribution in [3.63, 3.8) is 0 Å². The van der Waals surface area contributed by atoms with Crippen molar-refractivity contribution in [2.45, 2.75) is 52.4 Å². The van der Waals surface area contributed by atoms with Gasteiger partial charge in [0.1, 0.15) is 11.5 Å². The molecule has 0 aromatic heterocycles. The quantitative estimate of drug-likeness (QED) is 0.0397. The van der Waals surface area contributed by atoms with E-state index in [0.29, 0.717) is 28.5 Å². The van der Waals surface area contributed by atoms with Crippen LogP contribution in [-0.2, 0) is 10.8 Å². The molecule has 6 aromatic rings. The van der Waals surface area contributed by atoms with Crippen LogP contribution in [0.3, 0.4) is 0 Å². The Morgan fingerprint density at radius 1 is 0.585 bits per heavy atom. The van der Waals surface area contributed by atoms with Crippen LogP contribution < -0.4 is 16.7 Å². The van der Waals surface area contributed by atoms with E-state index in [1.165, 1.54) is 23.4 Å². The van der Waals surface area contributed by atoms with E-state index in [-0.39, 0.29) is 34.1 Å². The number of phenolic OH excluding ortho intramolecular Hbond substituents is 2. The number of carbonyl (C=O) groups excluding carboxylic acids is 3. The number of carbonyl (C=O) groups is 3. The van der Waals surface area contributed by atoms with Gasteiger partial charge in [-0.3, -0.25) is 19.8 Å². The lowest BCUT2D eigenvalue weighted by molar-refractivity contribution is 0.0946. The van der Waals surface area contributed by atoms with Crippen molar-refractivity contribution >= 4 is 45.9 Å². The first-order chi connectivity index (χ1) is 25.1. The van der Waals surface area contributed by atoms with E-state index in [0.717, 1.165) is 21.5 Å². The van der Waals surface area contributed by atoms with Crippen molar-refractivity contribution in [3.8, 4) is 11.5 Å². The van der Waals surface area contributed by atoms with E-state index in [1.807, 2.05) is 78.9 Å². The van der Waals surface area contributed by atoms with Gasteiger partial charge in [0.25, 0.3) is 11.8 Å². The summed E-state index contributed by atoms with van der Waals surface area (Å²) in [5.41, 5.74) is 9.19. The average molecular weight is 711 g/mol. The smallest absolute Gasteiger partial charge is 0.271 e. The Labute approximate surface area is 310 Å². The largest absolute Gasteiger partial charge is 0.507 e. The molecule has 0 spiro atoms. The molecular formula is C44H46N4O5. The molecule has 0 radical (unpaired) electrons. The number of hydrogen-bond donors (Lipinski definition) is 5. The number of aromatic hydroxyl groups is 2. The summed E-state index contributed by atoms with van der Waals surface area (Å²) in [6, 6.07) is 36.9. The van der Waals surface area contributed by atoms with Gasteiger partial charge in [-0.25, -0.2) is 11.3 Å². The number of amides is 2. The normalized spacial score (nSPS) is 11.2. The number of benzene rings is 6. The minimum atomic E-state index is -0.290. The Bertz CT molecular complexity index is 2230. The SMILES string of the molecule is CC(C)(C)c1ccc(C(=O)N/N=C/c2c(O)ccc3ccccc23)cc1.CC(C)(C)c1ccc(C(=O)NN)cc1.O=Cc1c(O)ccc2ccccc12. The maximum Gasteiger partial charge on any atom is 0.271 e. The molecule has 0 aliphatic carbocycles. The molecule has 0 unspecified atom stereocenters. The predicted molar refractivity (Wildman–Crippen MR) is 214 cm³/mol. The summed E-state index contributed by atoms with van der Waals surface area (Å²) in [5, 5.41) is 27.1. The number of nitrogens with zero attached hydrogens (tertiary/aromatic N) is 1. The fourth-order valence-electron chi connectivity index (χ4n) is 5.37. The third-order valence-corrected chi connectivity index (χ3v) is 8.53. The maximum absolute atomic E-state index is 12.3. The van der Waals surface area contributed by atoms with Crippen LogP contribution in [0.2, 0.25) is 0 Å². The van der Waals surface area contributed by atoms with E-state index in [1.54, 1.807) is 36.4 Å². The van der Waals surface area contributed by atoms with Gasteiger partial charge in [0.05, 0.1) is 11.8 Å². The minimum absolute atomic E-state index is 0.0358. The number of hydrazine groups is 1. The average Bonchev–Trinajstić information content (AvgIpc) is 3.15. The number of rotatable bonds is 5. The number of nitrogens with two attached hydrogens (primary N) is 1. The van der Waals surface area contributed by atoms with Crippen molar-refractivity contribution in [1.82, 2.24) is 10.9 Å². The highest BCUT2D eigenvalue weighted by Gasteiger charge is 2.15. The summed E-state index contributed by atoms with van der Waals surface area (Å²) >= 11 is 0. The number of hydrogen-bond acceptors (Lipinski definition) is 7. The van der Waals surface area contributed by atoms with Gasteiger partial charge in [-0.05, 0) is 79.9 Å². The lowest BCUT2D eigenvalue weighted by Crippen LogP contribution is -2.30. The molecule has 2 amide bonds. The van der Waals surface area contributed by atoms with Crippen LogP contribution in [0, 0.1) is 0 Å². The van der Waals surface area contributed by atoms with E-state index < -0.39 is 0 Å². The molecule has 272 valence electrons. The number of nitrogens with one attached hydrogen (secondary N) is 2. The van der Waals surface area contributed by atoms with Crippen LogP contribution in [-0.4, -0.2) is 34.5 Å². The summed E-state index contributed by atoms with van der Waals surface area (Å²) in [5.74, 6) is 4.64. The van der Waals surface area contributed by atoms with Gasteiger partial charge in [0.2, 0.25) is 0 Å². The van der Waals surface area contributed by atoms with Crippen molar-refractivity contribution < 1.29 is 24.6 Å². The van der Waals surface area contributed by atoms with Crippen LogP contribution in [0.4, 0.5) is 0 Å². The molecule has 0 saturated carbocycles. The molecule has 0 aliphatic heterocycles. The van der Waals surface area contributed by atoms with Gasteiger partial charge < -0.3 is 10.2 Å². The second kappa shape index (κ2) is 17.3. The first-order valence-electron chi connectivity index (χ1n) is 17.1. The first-order valence-corrected chi connectivity index (χ1v) is 17.1. The Hall–Kier alpha value is -6.32. The minimum Gasteiger partial charge on any atom is -0.507 e. The number of fused-ring (bicyclic) bond motifs is 2. The van der Waals surface area contributed by atoms with Crippen molar-refractivity contribution in [2.24, 2.45) is 10.9 Å². The molecule has 0 atom stereocenters. The third kappa shape index (κ3) is 10.4. The molecular weight excluding hydrogens is 665 g/mol. The molecule has 0 bridgehead atoms. The third-order valence-electron chi connectivity index (χ3n) is 8.53. The molecule has 0 heterocycles. The van der Waals surface area contributed by atoms with Gasteiger partial charge in [-0.1, -0.05) is 126 Å². The Morgan fingerprint density at radius 3 is 1.43 bits per heavy atom. The van der Waals surface area contributed by atoms with E-state index >= 15 is 0 Å². The molecule has 0 aliphatic rings. The van der Waals surface area contributed by atoms with E-state index in [4.69, 9.17) is 5.84 Å². The number of aldehydes is 1. The number of hydrazone groups is 1. The van der Waals surface area contributed by atoms with Crippen LogP contribution in [0.1, 0.15) is 89.3 Å². The summed E-state index contributed by atoms with van der Waals surface area (Å²) in [7, 11) is 0. The highest BCUT2D eigenvalue weighted by atomic mass is 16.3. The number of nitrogen functional groups attached to an aromatic ring is 1. The fraction of sp³-hybridized carbons (Fsp3) is 0.182. The summed E-state index contributed by atoms with van der Waals surface area (Å²) in [6.07, 6.45) is 2.15. The van der Waals surface area contributed by atoms with Crippen LogP contribution in [0.5, 0.6) is 11.5 Å². The van der Waals surface area contributed by atoms with Crippen LogP contribution >= 0.6 is 0 Å². The zero-order valence-corrected chi connectivity index (χ0v) is 30.8. The van der Waals surface area contributed by atoms with Gasteiger partial charge in [0.15, 0.2) is 6.29 Å². The maximum atomic E-state index is 12.3. The molecule has 0 fully saturated rings. The first kappa shape index (κ1) is 39.5. The van der Waals surface area contributed by atoms with E-state index in [2.05, 4.69) is 57.5 Å². The lowest BCUT2D eigenvalue weighted by atomic mass is 9.87. The van der Waals surface area contributed by atoms with Crippen molar-refractivity contribution in [2.75, 3.05) is 0 Å². The Morgan fingerprint density at radius 2 is 1.00 bits per heavy atom. The van der Waals surface area contributed by atoms with Crippen LogP contribution in [0.15, 0.2) is 126 Å². The Balaban J connectivity index is 0.000000196. The van der Waals surface area contributed by atoms with Crippen molar-refractivity contribution in [3.05, 3.63) is 155 Å². The highest BCUT2D eigenvalue weighted by Crippen LogP contribution is 2.27. The molecule has 9 nitrogen and oxygen atoms in total. The molecule has 0 saturated heterocycles. The zero-order chi connectivity index (χ0) is 38.8. The van der Waals surface area contributed by atoms with Gasteiger partial charge in [-0.2, -0.15) is 5.10 Å². The molecule has 6 aromatic carbocycles. The molecule has 6 rings (SSSR count). The van der Waals surface area contributed by atoms with Gasteiger partial charge >= 0.3 is 0 Å². The molecule has 6 N–H and O–H groups in total. The summed E-state index contributed by atoms with van der Waals surface area (Å²) in [4.78, 5) is 34.1. The molecule has 9 heteroatoms. The summed E-state index contributed by atoms with van der Waals surface area (Å²) in [6.45, 7) is 12.8. The predicted octanol–water partition coefficient (Wildman–Crippen LogP) is 8.55. The fourth-order valence-corrected chi connectivity index (χ4v) is 5.37. The number of phenols is 2. The second-order valence-electron chi connectivity index (χ2n) is 14.4. The van der Waals surface area contributed by atoms with Crippen molar-refractivity contribution in [1.29, 1.82) is 0 Å². The lowest BCUT2D eigenvalue weighted by Gasteiger charge is -2.18.